The number of benzene rings is 1. The number of aromatic nitrogens is 3. The molecule has 1 aromatic heterocycles. The number of hydrogen-bond acceptors (Lipinski definition) is 4. The quantitative estimate of drug-likeness (QED) is 0.781. The SMILES string of the molecule is COCCNCc1cn(Cc2c(C)cccc2C)nn1. The number of methoxy groups -OCH3 is 1. The summed E-state index contributed by atoms with van der Waals surface area (Å²) in [5, 5.41) is 11.6. The third-order valence-corrected chi connectivity index (χ3v) is 3.34. The van der Waals surface area contributed by atoms with Gasteiger partial charge in [-0.3, -0.25) is 0 Å². The molecule has 5 nitrogen and oxygen atoms in total. The number of ether oxygens (including phenoxy) is 1. The maximum atomic E-state index is 4.99. The molecule has 1 heterocycles. The molecule has 0 radical (unpaired) electrons. The Morgan fingerprint density at radius 3 is 2.70 bits per heavy atom. The van der Waals surface area contributed by atoms with E-state index in [0.717, 1.165) is 25.3 Å². The molecule has 20 heavy (non-hydrogen) atoms. The molecule has 0 atom stereocenters. The van der Waals surface area contributed by atoms with Crippen LogP contribution in [0.1, 0.15) is 22.4 Å². The molecule has 108 valence electrons. The number of aryl methyl sites for hydroxylation is 2. The summed E-state index contributed by atoms with van der Waals surface area (Å²) in [5.41, 5.74) is 4.85. The second kappa shape index (κ2) is 7.17. The van der Waals surface area contributed by atoms with E-state index in [1.54, 1.807) is 7.11 Å². The minimum atomic E-state index is 0.705. The van der Waals surface area contributed by atoms with E-state index in [4.69, 9.17) is 4.74 Å². The predicted molar refractivity (Wildman–Crippen MR) is 78.6 cm³/mol. The van der Waals surface area contributed by atoms with Crippen molar-refractivity contribution in [2.45, 2.75) is 26.9 Å². The lowest BCUT2D eigenvalue weighted by molar-refractivity contribution is 0.199. The Morgan fingerprint density at radius 1 is 1.25 bits per heavy atom. The van der Waals surface area contributed by atoms with E-state index in [0.29, 0.717) is 6.61 Å². The van der Waals surface area contributed by atoms with E-state index in [9.17, 15) is 0 Å². The minimum Gasteiger partial charge on any atom is -0.383 e. The first kappa shape index (κ1) is 14.7. The Bertz CT molecular complexity index is 530. The fraction of sp³-hybridized carbons (Fsp3) is 0.467. The summed E-state index contributed by atoms with van der Waals surface area (Å²) in [7, 11) is 1.70. The molecule has 0 saturated carbocycles. The van der Waals surface area contributed by atoms with Crippen molar-refractivity contribution >= 4 is 0 Å². The van der Waals surface area contributed by atoms with Crippen molar-refractivity contribution in [3.63, 3.8) is 0 Å². The largest absolute Gasteiger partial charge is 0.383 e. The first-order valence-corrected chi connectivity index (χ1v) is 6.84. The third-order valence-electron chi connectivity index (χ3n) is 3.34. The van der Waals surface area contributed by atoms with E-state index < -0.39 is 0 Å². The fourth-order valence-corrected chi connectivity index (χ4v) is 2.15. The van der Waals surface area contributed by atoms with Gasteiger partial charge in [-0.05, 0) is 30.5 Å². The van der Waals surface area contributed by atoms with Crippen LogP contribution in [0.25, 0.3) is 0 Å². The van der Waals surface area contributed by atoms with E-state index >= 15 is 0 Å². The zero-order valence-corrected chi connectivity index (χ0v) is 12.4. The minimum absolute atomic E-state index is 0.705. The van der Waals surface area contributed by atoms with Crippen LogP contribution in [0, 0.1) is 13.8 Å². The molecule has 1 aromatic carbocycles. The van der Waals surface area contributed by atoms with Crippen molar-refractivity contribution in [3.05, 3.63) is 46.8 Å². The second-order valence-corrected chi connectivity index (χ2v) is 4.95. The molecule has 0 amide bonds. The van der Waals surface area contributed by atoms with Gasteiger partial charge in [-0.1, -0.05) is 23.4 Å². The molecule has 5 heteroatoms. The molecular weight excluding hydrogens is 252 g/mol. The first-order chi connectivity index (χ1) is 9.70. The monoisotopic (exact) mass is 274 g/mol. The molecule has 0 bridgehead atoms. The van der Waals surface area contributed by atoms with Crippen molar-refractivity contribution in [2.24, 2.45) is 0 Å². The molecule has 0 aliphatic heterocycles. The molecule has 0 spiro atoms. The topological polar surface area (TPSA) is 52.0 Å². The zero-order valence-electron chi connectivity index (χ0n) is 12.4. The molecular formula is C15H22N4O. The number of rotatable bonds is 7. The van der Waals surface area contributed by atoms with Gasteiger partial charge in [0.2, 0.25) is 0 Å². The lowest BCUT2D eigenvalue weighted by Gasteiger charge is -2.08. The Morgan fingerprint density at radius 2 is 2.00 bits per heavy atom. The molecule has 2 aromatic rings. The summed E-state index contributed by atoms with van der Waals surface area (Å²) >= 11 is 0. The lowest BCUT2D eigenvalue weighted by Crippen LogP contribution is -2.18. The fourth-order valence-electron chi connectivity index (χ4n) is 2.15. The van der Waals surface area contributed by atoms with Crippen molar-refractivity contribution in [2.75, 3.05) is 20.3 Å². The highest BCUT2D eigenvalue weighted by Gasteiger charge is 2.05. The highest BCUT2D eigenvalue weighted by molar-refractivity contribution is 5.33. The van der Waals surface area contributed by atoms with Crippen LogP contribution in [-0.4, -0.2) is 35.3 Å². The summed E-state index contributed by atoms with van der Waals surface area (Å²) in [6, 6.07) is 6.35. The summed E-state index contributed by atoms with van der Waals surface area (Å²) in [5.74, 6) is 0. The van der Waals surface area contributed by atoms with Gasteiger partial charge in [0.05, 0.1) is 25.0 Å². The average molecular weight is 274 g/mol. The summed E-state index contributed by atoms with van der Waals surface area (Å²) in [6.07, 6.45) is 1.99. The van der Waals surface area contributed by atoms with Gasteiger partial charge in [0.1, 0.15) is 0 Å². The van der Waals surface area contributed by atoms with Gasteiger partial charge in [0.15, 0.2) is 0 Å². The lowest BCUT2D eigenvalue weighted by atomic mass is 10.0. The third kappa shape index (κ3) is 3.88. The molecule has 0 fully saturated rings. The van der Waals surface area contributed by atoms with E-state index in [-0.39, 0.29) is 0 Å². The van der Waals surface area contributed by atoms with Gasteiger partial charge in [-0.25, -0.2) is 4.68 Å². The normalized spacial score (nSPS) is 10.9. The van der Waals surface area contributed by atoms with Crippen LogP contribution in [-0.2, 0) is 17.8 Å². The number of nitrogens with zero attached hydrogens (tertiary/aromatic N) is 3. The van der Waals surface area contributed by atoms with Crippen LogP contribution >= 0.6 is 0 Å². The second-order valence-electron chi connectivity index (χ2n) is 4.95. The number of nitrogens with one attached hydrogen (secondary N) is 1. The van der Waals surface area contributed by atoms with E-state index in [2.05, 4.69) is 47.7 Å². The van der Waals surface area contributed by atoms with Crippen molar-refractivity contribution in [1.29, 1.82) is 0 Å². The van der Waals surface area contributed by atoms with Gasteiger partial charge < -0.3 is 10.1 Å². The van der Waals surface area contributed by atoms with Crippen LogP contribution in [0.2, 0.25) is 0 Å². The number of hydrogen-bond donors (Lipinski definition) is 1. The van der Waals surface area contributed by atoms with Crippen molar-refractivity contribution in [1.82, 2.24) is 20.3 Å². The van der Waals surface area contributed by atoms with Crippen LogP contribution in [0.15, 0.2) is 24.4 Å². The Balaban J connectivity index is 1.96. The highest BCUT2D eigenvalue weighted by Crippen LogP contribution is 2.14. The molecule has 0 aliphatic rings. The van der Waals surface area contributed by atoms with Crippen molar-refractivity contribution < 1.29 is 4.74 Å². The van der Waals surface area contributed by atoms with E-state index in [1.165, 1.54) is 16.7 Å². The predicted octanol–water partition coefficient (Wildman–Crippen LogP) is 1.68. The first-order valence-electron chi connectivity index (χ1n) is 6.84. The Kier molecular flexibility index (Phi) is 5.26. The summed E-state index contributed by atoms with van der Waals surface area (Å²) in [4.78, 5) is 0. The van der Waals surface area contributed by atoms with Gasteiger partial charge in [0.25, 0.3) is 0 Å². The van der Waals surface area contributed by atoms with Crippen LogP contribution in [0.3, 0.4) is 0 Å². The maximum absolute atomic E-state index is 4.99. The summed E-state index contributed by atoms with van der Waals surface area (Å²) in [6.45, 7) is 7.27. The Labute approximate surface area is 120 Å². The van der Waals surface area contributed by atoms with Gasteiger partial charge in [0, 0.05) is 20.2 Å². The average Bonchev–Trinajstić information content (AvgIpc) is 2.87. The van der Waals surface area contributed by atoms with Crippen LogP contribution in [0.5, 0.6) is 0 Å². The zero-order chi connectivity index (χ0) is 14.4. The van der Waals surface area contributed by atoms with Crippen LogP contribution < -0.4 is 5.32 Å². The van der Waals surface area contributed by atoms with Gasteiger partial charge >= 0.3 is 0 Å². The molecule has 1 N–H and O–H groups in total. The highest BCUT2D eigenvalue weighted by atomic mass is 16.5. The standard InChI is InChI=1S/C15H22N4O/c1-12-5-4-6-13(2)15(12)11-19-10-14(17-18-19)9-16-7-8-20-3/h4-6,10,16H,7-9,11H2,1-3H3. The molecule has 0 saturated heterocycles. The van der Waals surface area contributed by atoms with Gasteiger partial charge in [-0.15, -0.1) is 5.10 Å². The van der Waals surface area contributed by atoms with Crippen LogP contribution in [0.4, 0.5) is 0 Å². The maximum Gasteiger partial charge on any atom is 0.0964 e. The smallest absolute Gasteiger partial charge is 0.0964 e. The molecule has 0 aliphatic carbocycles. The summed E-state index contributed by atoms with van der Waals surface area (Å²) < 4.78 is 6.88. The van der Waals surface area contributed by atoms with E-state index in [1.807, 2.05) is 10.9 Å². The Hall–Kier alpha value is -1.72. The van der Waals surface area contributed by atoms with Crippen molar-refractivity contribution in [3.8, 4) is 0 Å². The molecule has 0 unspecified atom stereocenters. The van der Waals surface area contributed by atoms with Gasteiger partial charge in [-0.2, -0.15) is 0 Å². The molecule has 2 rings (SSSR count).